The number of aryl methyl sites for hydroxylation is 1. The van der Waals surface area contributed by atoms with Crippen LogP contribution in [0, 0.1) is 0 Å². The van der Waals surface area contributed by atoms with Crippen LogP contribution in [0.4, 0.5) is 0 Å². The number of aromatic nitrogens is 3. The van der Waals surface area contributed by atoms with Crippen LogP contribution in [0.2, 0.25) is 0 Å². The summed E-state index contributed by atoms with van der Waals surface area (Å²) >= 11 is 0. The smallest absolute Gasteiger partial charge is 0.153 e. The molecule has 1 atom stereocenters. The molecule has 0 aliphatic rings. The molecule has 1 unspecified atom stereocenters. The van der Waals surface area contributed by atoms with Crippen molar-refractivity contribution in [3.05, 3.63) is 11.6 Å². The van der Waals surface area contributed by atoms with E-state index in [0.717, 1.165) is 18.1 Å². The van der Waals surface area contributed by atoms with Crippen molar-refractivity contribution in [3.63, 3.8) is 0 Å². The summed E-state index contributed by atoms with van der Waals surface area (Å²) in [4.78, 5) is 4.38. The Kier molecular flexibility index (Phi) is 3.26. The molecule has 1 N–H and O–H groups in total. The number of H-pyrrole nitrogens is 1. The van der Waals surface area contributed by atoms with Gasteiger partial charge in [-0.25, -0.2) is 4.98 Å². The zero-order valence-electron chi connectivity index (χ0n) is 8.09. The molecule has 1 heterocycles. The third-order valence-corrected chi connectivity index (χ3v) is 2.05. The van der Waals surface area contributed by atoms with Crippen LogP contribution in [0.5, 0.6) is 0 Å². The molecule has 1 rings (SSSR count). The Bertz CT molecular complexity index is 229. The first-order chi connectivity index (χ1) is 5.77. The molecule has 0 saturated heterocycles. The lowest BCUT2D eigenvalue weighted by atomic mass is 10.1. The number of rotatable bonds is 4. The van der Waals surface area contributed by atoms with Crippen LogP contribution in [0.3, 0.4) is 0 Å². The van der Waals surface area contributed by atoms with E-state index in [-0.39, 0.29) is 0 Å². The Labute approximate surface area is 73.6 Å². The normalized spacial score (nSPS) is 13.2. The van der Waals surface area contributed by atoms with Crippen LogP contribution >= 0.6 is 0 Å². The van der Waals surface area contributed by atoms with E-state index in [2.05, 4.69) is 36.0 Å². The van der Waals surface area contributed by atoms with Gasteiger partial charge in [0.05, 0.1) is 0 Å². The third kappa shape index (κ3) is 2.06. The molecule has 1 aromatic heterocycles. The summed E-state index contributed by atoms with van der Waals surface area (Å²) in [6, 6.07) is 0. The summed E-state index contributed by atoms with van der Waals surface area (Å²) in [6.07, 6.45) is 3.30. The molecule has 3 heteroatoms. The van der Waals surface area contributed by atoms with Crippen LogP contribution in [0.25, 0.3) is 0 Å². The summed E-state index contributed by atoms with van der Waals surface area (Å²) < 4.78 is 0. The molecule has 0 radical (unpaired) electrons. The van der Waals surface area contributed by atoms with E-state index in [9.17, 15) is 0 Å². The van der Waals surface area contributed by atoms with Crippen molar-refractivity contribution in [1.82, 2.24) is 15.2 Å². The minimum Gasteiger partial charge on any atom is -0.263 e. The summed E-state index contributed by atoms with van der Waals surface area (Å²) in [6.45, 7) is 6.44. The Balaban J connectivity index is 2.61. The van der Waals surface area contributed by atoms with Crippen molar-refractivity contribution >= 4 is 0 Å². The van der Waals surface area contributed by atoms with Gasteiger partial charge in [-0.3, -0.25) is 5.10 Å². The molecule has 68 valence electrons. The van der Waals surface area contributed by atoms with Gasteiger partial charge in [-0.15, -0.1) is 0 Å². The summed E-state index contributed by atoms with van der Waals surface area (Å²) in [5.41, 5.74) is 0. The summed E-state index contributed by atoms with van der Waals surface area (Å²) in [5.74, 6) is 2.45. The summed E-state index contributed by atoms with van der Waals surface area (Å²) in [7, 11) is 0. The molecule has 0 aliphatic heterocycles. The second-order valence-corrected chi connectivity index (χ2v) is 3.18. The highest BCUT2D eigenvalue weighted by Gasteiger charge is 2.09. The first-order valence-electron chi connectivity index (χ1n) is 4.69. The fourth-order valence-electron chi connectivity index (χ4n) is 1.25. The zero-order valence-corrected chi connectivity index (χ0v) is 8.09. The van der Waals surface area contributed by atoms with E-state index >= 15 is 0 Å². The SMILES string of the molecule is CCCC(C)c1n[nH]c(CC)n1. The number of hydrogen-bond donors (Lipinski definition) is 1. The van der Waals surface area contributed by atoms with Gasteiger partial charge in [-0.05, 0) is 6.42 Å². The molecular formula is C9H17N3. The van der Waals surface area contributed by atoms with Crippen molar-refractivity contribution in [2.24, 2.45) is 0 Å². The predicted molar refractivity (Wildman–Crippen MR) is 49.1 cm³/mol. The van der Waals surface area contributed by atoms with Crippen LogP contribution < -0.4 is 0 Å². The molecule has 12 heavy (non-hydrogen) atoms. The maximum Gasteiger partial charge on any atom is 0.153 e. The molecule has 1 aromatic rings. The Morgan fingerprint density at radius 3 is 2.67 bits per heavy atom. The monoisotopic (exact) mass is 167 g/mol. The van der Waals surface area contributed by atoms with Crippen molar-refractivity contribution < 1.29 is 0 Å². The minimum absolute atomic E-state index is 0.492. The van der Waals surface area contributed by atoms with Gasteiger partial charge in [0.15, 0.2) is 5.82 Å². The molecular weight excluding hydrogens is 150 g/mol. The molecule has 3 nitrogen and oxygen atoms in total. The Hall–Kier alpha value is -0.860. The van der Waals surface area contributed by atoms with Gasteiger partial charge in [0.1, 0.15) is 5.82 Å². The lowest BCUT2D eigenvalue weighted by Gasteiger charge is -2.02. The third-order valence-electron chi connectivity index (χ3n) is 2.05. The fourth-order valence-corrected chi connectivity index (χ4v) is 1.25. The number of hydrogen-bond acceptors (Lipinski definition) is 2. The molecule has 0 saturated carbocycles. The van der Waals surface area contributed by atoms with Crippen molar-refractivity contribution in [3.8, 4) is 0 Å². The van der Waals surface area contributed by atoms with E-state index in [4.69, 9.17) is 0 Å². The van der Waals surface area contributed by atoms with Crippen molar-refractivity contribution in [2.75, 3.05) is 0 Å². The second-order valence-electron chi connectivity index (χ2n) is 3.18. The van der Waals surface area contributed by atoms with Gasteiger partial charge in [0.25, 0.3) is 0 Å². The van der Waals surface area contributed by atoms with Crippen LogP contribution in [-0.2, 0) is 6.42 Å². The lowest BCUT2D eigenvalue weighted by molar-refractivity contribution is 0.629. The van der Waals surface area contributed by atoms with Gasteiger partial charge in [0.2, 0.25) is 0 Å². The number of nitrogens with one attached hydrogen (secondary N) is 1. The van der Waals surface area contributed by atoms with Crippen LogP contribution in [0.15, 0.2) is 0 Å². The lowest BCUT2D eigenvalue weighted by Crippen LogP contribution is -1.95. The van der Waals surface area contributed by atoms with E-state index < -0.39 is 0 Å². The highest BCUT2D eigenvalue weighted by Crippen LogP contribution is 2.15. The van der Waals surface area contributed by atoms with Crippen LogP contribution in [0.1, 0.15) is 51.2 Å². The van der Waals surface area contributed by atoms with Gasteiger partial charge >= 0.3 is 0 Å². The zero-order chi connectivity index (χ0) is 8.97. The first-order valence-corrected chi connectivity index (χ1v) is 4.69. The molecule has 0 spiro atoms. The number of nitrogens with zero attached hydrogens (tertiary/aromatic N) is 2. The second kappa shape index (κ2) is 4.24. The van der Waals surface area contributed by atoms with E-state index in [1.54, 1.807) is 0 Å². The average Bonchev–Trinajstić information content (AvgIpc) is 2.52. The number of aromatic amines is 1. The minimum atomic E-state index is 0.492. The molecule has 0 amide bonds. The Morgan fingerprint density at radius 2 is 2.17 bits per heavy atom. The van der Waals surface area contributed by atoms with Gasteiger partial charge in [-0.2, -0.15) is 5.10 Å². The molecule has 0 fully saturated rings. The van der Waals surface area contributed by atoms with Gasteiger partial charge in [-0.1, -0.05) is 27.2 Å². The van der Waals surface area contributed by atoms with E-state index in [0.29, 0.717) is 5.92 Å². The van der Waals surface area contributed by atoms with Gasteiger partial charge in [0, 0.05) is 12.3 Å². The average molecular weight is 167 g/mol. The van der Waals surface area contributed by atoms with Crippen LogP contribution in [-0.4, -0.2) is 15.2 Å². The molecule has 0 aromatic carbocycles. The van der Waals surface area contributed by atoms with Crippen molar-refractivity contribution in [1.29, 1.82) is 0 Å². The predicted octanol–water partition coefficient (Wildman–Crippen LogP) is 2.27. The Morgan fingerprint density at radius 1 is 1.42 bits per heavy atom. The van der Waals surface area contributed by atoms with Crippen molar-refractivity contribution in [2.45, 2.75) is 46.0 Å². The van der Waals surface area contributed by atoms with Gasteiger partial charge < -0.3 is 0 Å². The first kappa shape index (κ1) is 9.23. The quantitative estimate of drug-likeness (QED) is 0.747. The largest absolute Gasteiger partial charge is 0.263 e. The molecule has 0 bridgehead atoms. The summed E-state index contributed by atoms with van der Waals surface area (Å²) in [5, 5.41) is 7.10. The molecule has 0 aliphatic carbocycles. The fraction of sp³-hybridized carbons (Fsp3) is 0.778. The van der Waals surface area contributed by atoms with E-state index in [1.807, 2.05) is 0 Å². The maximum atomic E-state index is 4.38. The maximum absolute atomic E-state index is 4.38. The topological polar surface area (TPSA) is 41.6 Å². The van der Waals surface area contributed by atoms with E-state index in [1.165, 1.54) is 12.8 Å². The highest BCUT2D eigenvalue weighted by atomic mass is 15.2. The highest BCUT2D eigenvalue weighted by molar-refractivity contribution is 4.95. The standard InChI is InChI=1S/C9H17N3/c1-4-6-7(3)9-10-8(5-2)11-12-9/h7H,4-6H2,1-3H3,(H,10,11,12).